The number of hydrogen-bond donors (Lipinski definition) is 0. The molecular weight excluding hydrogens is 464 g/mol. The van der Waals surface area contributed by atoms with Crippen LogP contribution in [0.25, 0.3) is 10.8 Å². The van der Waals surface area contributed by atoms with E-state index >= 15 is 0 Å². The summed E-state index contributed by atoms with van der Waals surface area (Å²) in [4.78, 5) is 46.2. The van der Waals surface area contributed by atoms with E-state index in [2.05, 4.69) is 6.58 Å². The van der Waals surface area contributed by atoms with E-state index in [-0.39, 0.29) is 12.4 Å². The van der Waals surface area contributed by atoms with Gasteiger partial charge >= 0.3 is 17.9 Å². The van der Waals surface area contributed by atoms with Gasteiger partial charge in [0.1, 0.15) is 17.2 Å². The molecule has 0 aromatic heterocycles. The molecule has 0 saturated heterocycles. The maximum Gasteiger partial charge on any atom is 0.343 e. The topological polar surface area (TPSA) is 105 Å². The second kappa shape index (κ2) is 12.9. The maximum absolute atomic E-state index is 12.6. The number of carbonyl (C=O) groups is 4. The second-order valence-electron chi connectivity index (χ2n) is 7.91. The molecule has 0 aliphatic rings. The van der Waals surface area contributed by atoms with Gasteiger partial charge in [-0.05, 0) is 85.0 Å². The van der Waals surface area contributed by atoms with Crippen molar-refractivity contribution in [3.63, 3.8) is 0 Å². The monoisotopic (exact) mass is 490 g/mol. The van der Waals surface area contributed by atoms with Crippen LogP contribution in [0.5, 0.6) is 17.2 Å². The quantitative estimate of drug-likeness (QED) is 0.114. The van der Waals surface area contributed by atoms with Crippen LogP contribution in [0.2, 0.25) is 0 Å². The Morgan fingerprint density at radius 2 is 1.58 bits per heavy atom. The summed E-state index contributed by atoms with van der Waals surface area (Å²) >= 11 is 0. The zero-order chi connectivity index (χ0) is 25.9. The lowest BCUT2D eigenvalue weighted by Gasteiger charge is -2.09. The Morgan fingerprint density at radius 1 is 0.861 bits per heavy atom. The minimum atomic E-state index is -0.532. The molecule has 8 heteroatoms. The summed E-state index contributed by atoms with van der Waals surface area (Å²) in [6, 6.07) is 14.9. The third kappa shape index (κ3) is 7.53. The summed E-state index contributed by atoms with van der Waals surface area (Å²) in [5.74, 6) is -0.208. The number of ether oxygens (including phenoxy) is 4. The van der Waals surface area contributed by atoms with Crippen molar-refractivity contribution < 1.29 is 38.1 Å². The van der Waals surface area contributed by atoms with E-state index in [1.165, 1.54) is 0 Å². The average Bonchev–Trinajstić information content (AvgIpc) is 2.87. The molecular formula is C28H26O8. The first kappa shape index (κ1) is 26.2. The third-order valence-electron chi connectivity index (χ3n) is 5.25. The number of carbonyl (C=O) groups excluding carboxylic acids is 4. The maximum atomic E-state index is 12.6. The number of unbranched alkanes of at least 4 members (excludes halogenated alkanes) is 2. The van der Waals surface area contributed by atoms with Crippen LogP contribution in [0.1, 0.15) is 41.6 Å². The Labute approximate surface area is 208 Å². The Kier molecular flexibility index (Phi) is 9.33. The van der Waals surface area contributed by atoms with Crippen LogP contribution < -0.4 is 14.2 Å². The molecule has 36 heavy (non-hydrogen) atoms. The summed E-state index contributed by atoms with van der Waals surface area (Å²) < 4.78 is 20.6. The molecule has 0 spiro atoms. The van der Waals surface area contributed by atoms with Crippen LogP contribution in [0, 0.1) is 6.92 Å². The van der Waals surface area contributed by atoms with Gasteiger partial charge in [-0.25, -0.2) is 9.59 Å². The van der Waals surface area contributed by atoms with E-state index in [1.807, 2.05) is 0 Å². The molecule has 8 nitrogen and oxygen atoms in total. The van der Waals surface area contributed by atoms with Crippen LogP contribution in [0.3, 0.4) is 0 Å². The lowest BCUT2D eigenvalue weighted by atomic mass is 10.1. The van der Waals surface area contributed by atoms with Gasteiger partial charge in [0.25, 0.3) is 6.47 Å². The third-order valence-corrected chi connectivity index (χ3v) is 5.25. The predicted octanol–water partition coefficient (Wildman–Crippen LogP) is 5.10. The van der Waals surface area contributed by atoms with Crippen LogP contribution in [0.15, 0.2) is 67.3 Å². The first-order valence-electron chi connectivity index (χ1n) is 11.4. The van der Waals surface area contributed by atoms with Crippen molar-refractivity contribution in [3.05, 3.63) is 78.4 Å². The minimum Gasteiger partial charge on any atom is -0.463 e. The first-order valence-corrected chi connectivity index (χ1v) is 11.4. The molecule has 0 saturated carbocycles. The van der Waals surface area contributed by atoms with Crippen molar-refractivity contribution in [1.82, 2.24) is 0 Å². The Hall–Kier alpha value is -4.46. The molecule has 0 fully saturated rings. The van der Waals surface area contributed by atoms with Gasteiger partial charge in [-0.2, -0.15) is 0 Å². The first-order chi connectivity index (χ1) is 17.4. The molecule has 0 unspecified atom stereocenters. The largest absolute Gasteiger partial charge is 0.463 e. The highest BCUT2D eigenvalue weighted by Crippen LogP contribution is 2.26. The van der Waals surface area contributed by atoms with E-state index < -0.39 is 11.9 Å². The summed E-state index contributed by atoms with van der Waals surface area (Å²) in [6.07, 6.45) is 3.37. The van der Waals surface area contributed by atoms with Crippen LogP contribution >= 0.6 is 0 Å². The zero-order valence-corrected chi connectivity index (χ0v) is 19.9. The van der Waals surface area contributed by atoms with E-state index in [0.29, 0.717) is 54.3 Å². The fraction of sp³-hybridized carbons (Fsp3) is 0.214. The molecule has 0 bridgehead atoms. The van der Waals surface area contributed by atoms with Gasteiger partial charge in [0.05, 0.1) is 12.2 Å². The number of rotatable bonds is 12. The number of aryl methyl sites for hydroxylation is 1. The number of hydrogen-bond acceptors (Lipinski definition) is 8. The number of fused-ring (bicyclic) bond motifs is 1. The highest BCUT2D eigenvalue weighted by atomic mass is 16.5. The standard InChI is InChI=1S/C28H26O8/c1-3-26(30)33-14-6-4-5-7-27(31)35-24-11-10-20-16-22(9-8-21(20)17-24)28(32)36-23-12-13-25(34-18-29)19(2)15-23/h3,8-13,15-18H,1,4-7,14H2,2H3. The lowest BCUT2D eigenvalue weighted by molar-refractivity contribution is -0.138. The highest BCUT2D eigenvalue weighted by molar-refractivity contribution is 5.97. The SMILES string of the molecule is C=CC(=O)OCCCCCC(=O)Oc1ccc2cc(C(=O)Oc3ccc(OC=O)c(C)c3)ccc2c1. The van der Waals surface area contributed by atoms with Crippen molar-refractivity contribution in [2.24, 2.45) is 0 Å². The lowest BCUT2D eigenvalue weighted by Crippen LogP contribution is -2.09. The van der Waals surface area contributed by atoms with E-state index in [9.17, 15) is 19.2 Å². The van der Waals surface area contributed by atoms with Crippen LogP contribution in [-0.2, 0) is 19.1 Å². The van der Waals surface area contributed by atoms with Gasteiger partial charge in [0.15, 0.2) is 0 Å². The van der Waals surface area contributed by atoms with E-state index in [1.54, 1.807) is 61.5 Å². The molecule has 0 N–H and O–H groups in total. The Morgan fingerprint density at radius 3 is 2.33 bits per heavy atom. The number of esters is 3. The van der Waals surface area contributed by atoms with Crippen LogP contribution in [-0.4, -0.2) is 31.0 Å². The Balaban J connectivity index is 1.53. The van der Waals surface area contributed by atoms with E-state index in [4.69, 9.17) is 18.9 Å². The van der Waals surface area contributed by atoms with E-state index in [0.717, 1.165) is 23.3 Å². The molecule has 0 aliphatic heterocycles. The molecule has 0 radical (unpaired) electrons. The molecule has 0 aliphatic carbocycles. The van der Waals surface area contributed by atoms with Crippen molar-refractivity contribution in [3.8, 4) is 17.2 Å². The average molecular weight is 491 g/mol. The smallest absolute Gasteiger partial charge is 0.343 e. The molecule has 3 aromatic carbocycles. The molecule has 0 heterocycles. The summed E-state index contributed by atoms with van der Waals surface area (Å²) in [6.45, 7) is 5.69. The Bertz CT molecular complexity index is 1280. The van der Waals surface area contributed by atoms with Gasteiger partial charge in [0, 0.05) is 12.5 Å². The molecule has 3 aromatic rings. The van der Waals surface area contributed by atoms with Crippen LogP contribution in [0.4, 0.5) is 0 Å². The summed E-state index contributed by atoms with van der Waals surface area (Å²) in [5.41, 5.74) is 1.01. The predicted molar refractivity (Wildman–Crippen MR) is 132 cm³/mol. The highest BCUT2D eigenvalue weighted by Gasteiger charge is 2.12. The second-order valence-corrected chi connectivity index (χ2v) is 7.91. The van der Waals surface area contributed by atoms with Gasteiger partial charge in [0.2, 0.25) is 0 Å². The number of benzene rings is 3. The van der Waals surface area contributed by atoms with Gasteiger partial charge < -0.3 is 18.9 Å². The fourth-order valence-corrected chi connectivity index (χ4v) is 3.41. The zero-order valence-electron chi connectivity index (χ0n) is 19.9. The molecule has 0 atom stereocenters. The normalized spacial score (nSPS) is 10.4. The van der Waals surface area contributed by atoms with Crippen molar-refractivity contribution in [2.75, 3.05) is 6.61 Å². The molecule has 3 rings (SSSR count). The minimum absolute atomic E-state index is 0.250. The fourth-order valence-electron chi connectivity index (χ4n) is 3.41. The van der Waals surface area contributed by atoms with Gasteiger partial charge in [-0.15, -0.1) is 0 Å². The molecule has 186 valence electrons. The van der Waals surface area contributed by atoms with Crippen molar-refractivity contribution >= 4 is 35.2 Å². The summed E-state index contributed by atoms with van der Waals surface area (Å²) in [7, 11) is 0. The molecule has 0 amide bonds. The van der Waals surface area contributed by atoms with Crippen molar-refractivity contribution in [2.45, 2.75) is 32.6 Å². The summed E-state index contributed by atoms with van der Waals surface area (Å²) in [5, 5.41) is 1.58. The van der Waals surface area contributed by atoms with Gasteiger partial charge in [-0.1, -0.05) is 18.7 Å². The van der Waals surface area contributed by atoms with Crippen molar-refractivity contribution in [1.29, 1.82) is 0 Å². The van der Waals surface area contributed by atoms with Gasteiger partial charge in [-0.3, -0.25) is 9.59 Å².